The molecule has 0 unspecified atom stereocenters. The molecule has 0 fully saturated rings. The zero-order valence-electron chi connectivity index (χ0n) is 14.3. The molecule has 0 aliphatic carbocycles. The van der Waals surface area contributed by atoms with Crippen molar-refractivity contribution in [3.05, 3.63) is 81.6 Å². The van der Waals surface area contributed by atoms with Crippen molar-refractivity contribution in [2.75, 3.05) is 12.8 Å². The topological polar surface area (TPSA) is 67.2 Å². The van der Waals surface area contributed by atoms with E-state index in [9.17, 15) is 9.90 Å². The molecule has 132 valence electrons. The lowest BCUT2D eigenvalue weighted by atomic mass is 9.91. The Balaban J connectivity index is 1.96. The van der Waals surface area contributed by atoms with Gasteiger partial charge in [-0.2, -0.15) is 4.98 Å². The van der Waals surface area contributed by atoms with Crippen molar-refractivity contribution in [3.8, 4) is 11.6 Å². The van der Waals surface area contributed by atoms with Crippen LogP contribution in [0.2, 0.25) is 0 Å². The fourth-order valence-corrected chi connectivity index (χ4v) is 4.01. The van der Waals surface area contributed by atoms with Gasteiger partial charge in [0.05, 0.1) is 11.7 Å². The van der Waals surface area contributed by atoms with E-state index in [1.54, 1.807) is 4.57 Å². The van der Waals surface area contributed by atoms with Crippen molar-refractivity contribution >= 4 is 11.8 Å². The van der Waals surface area contributed by atoms with Gasteiger partial charge in [-0.25, -0.2) is 0 Å². The second kappa shape index (κ2) is 6.97. The highest BCUT2D eigenvalue weighted by atomic mass is 32.2. The Labute approximate surface area is 155 Å². The average molecular weight is 365 g/mol. The molecule has 2 aromatic carbocycles. The van der Waals surface area contributed by atoms with Crippen LogP contribution in [0.15, 0.2) is 64.5 Å². The number of nitrogens with one attached hydrogen (secondary N) is 1. The fourth-order valence-electron chi connectivity index (χ4n) is 3.46. The Morgan fingerprint density at radius 3 is 2.65 bits per heavy atom. The van der Waals surface area contributed by atoms with E-state index in [0.29, 0.717) is 10.7 Å². The molecule has 4 rings (SSSR count). The summed E-state index contributed by atoms with van der Waals surface area (Å²) in [4.78, 5) is 17.7. The summed E-state index contributed by atoms with van der Waals surface area (Å²) in [5.74, 6) is -0.208. The third-order valence-corrected chi connectivity index (χ3v) is 5.30. The Morgan fingerprint density at radius 1 is 1.15 bits per heavy atom. The van der Waals surface area contributed by atoms with Crippen molar-refractivity contribution in [3.63, 3.8) is 0 Å². The van der Waals surface area contributed by atoms with E-state index >= 15 is 0 Å². The van der Waals surface area contributed by atoms with E-state index in [0.717, 1.165) is 24.2 Å². The van der Waals surface area contributed by atoms with Crippen molar-refractivity contribution in [2.45, 2.75) is 17.6 Å². The molecule has 6 heteroatoms. The highest BCUT2D eigenvalue weighted by Crippen LogP contribution is 2.32. The first-order valence-electron chi connectivity index (χ1n) is 8.47. The first-order chi connectivity index (χ1) is 12.7. The normalized spacial score (nSPS) is 16.3. The molecule has 0 amide bonds. The lowest BCUT2D eigenvalue weighted by Crippen LogP contribution is -2.36. The van der Waals surface area contributed by atoms with E-state index in [-0.39, 0.29) is 17.5 Å². The number of para-hydroxylation sites is 1. The average Bonchev–Trinajstić information content (AvgIpc) is 2.68. The molecule has 1 aliphatic heterocycles. The highest BCUT2D eigenvalue weighted by molar-refractivity contribution is 7.98. The maximum absolute atomic E-state index is 13.4. The summed E-state index contributed by atoms with van der Waals surface area (Å²) in [6.45, 7) is 0.746. The highest BCUT2D eigenvalue weighted by Gasteiger charge is 2.29. The van der Waals surface area contributed by atoms with Gasteiger partial charge in [0.15, 0.2) is 5.16 Å². The van der Waals surface area contributed by atoms with Crippen LogP contribution < -0.4 is 10.9 Å². The van der Waals surface area contributed by atoms with E-state index in [4.69, 9.17) is 0 Å². The molecular formula is C20H19N3O2S. The minimum Gasteiger partial charge on any atom is -0.493 e. The standard InChI is InChI=1S/C20H19N3O2S/c1-26-20-22-18(24)16(19(25)23(20)14-8-3-2-4-9-14)17-15-10-6-5-7-13(15)11-12-21-17/h2-10,17,21,24H,11-12H2,1H3/t17-/m1/s1. The van der Waals surface area contributed by atoms with E-state index in [1.807, 2.05) is 54.8 Å². The Morgan fingerprint density at radius 2 is 1.88 bits per heavy atom. The van der Waals surface area contributed by atoms with Crippen molar-refractivity contribution in [2.24, 2.45) is 0 Å². The molecule has 5 nitrogen and oxygen atoms in total. The maximum atomic E-state index is 13.4. The molecule has 3 aromatic rings. The van der Waals surface area contributed by atoms with Gasteiger partial charge in [-0.1, -0.05) is 54.2 Å². The predicted molar refractivity (Wildman–Crippen MR) is 103 cm³/mol. The maximum Gasteiger partial charge on any atom is 0.267 e. The van der Waals surface area contributed by atoms with Crippen LogP contribution in [0, 0.1) is 0 Å². The molecule has 1 aliphatic rings. The number of aromatic nitrogens is 2. The summed E-state index contributed by atoms with van der Waals surface area (Å²) < 4.78 is 1.57. The van der Waals surface area contributed by atoms with Gasteiger partial charge in [-0.05, 0) is 35.9 Å². The molecule has 0 saturated heterocycles. The predicted octanol–water partition coefficient (Wildman–Crippen LogP) is 2.90. The zero-order valence-corrected chi connectivity index (χ0v) is 15.2. The van der Waals surface area contributed by atoms with Gasteiger partial charge in [0.1, 0.15) is 5.56 Å². The lowest BCUT2D eigenvalue weighted by molar-refractivity contribution is 0.418. The van der Waals surface area contributed by atoms with E-state index < -0.39 is 0 Å². The number of thioether (sulfide) groups is 1. The van der Waals surface area contributed by atoms with Gasteiger partial charge in [-0.15, -0.1) is 0 Å². The molecular weight excluding hydrogens is 346 g/mol. The lowest BCUT2D eigenvalue weighted by Gasteiger charge is -2.27. The largest absolute Gasteiger partial charge is 0.493 e. The van der Waals surface area contributed by atoms with Gasteiger partial charge in [-0.3, -0.25) is 9.36 Å². The summed E-state index contributed by atoms with van der Waals surface area (Å²) in [6, 6.07) is 17.1. The fraction of sp³-hybridized carbons (Fsp3) is 0.200. The Kier molecular flexibility index (Phi) is 4.53. The van der Waals surface area contributed by atoms with Gasteiger partial charge in [0, 0.05) is 6.54 Å². The first kappa shape index (κ1) is 16.9. The Hall–Kier alpha value is -2.57. The number of benzene rings is 2. The molecule has 0 bridgehead atoms. The summed E-state index contributed by atoms with van der Waals surface area (Å²) in [7, 11) is 0. The minimum atomic E-state index is -0.370. The van der Waals surface area contributed by atoms with Crippen molar-refractivity contribution in [1.29, 1.82) is 0 Å². The van der Waals surface area contributed by atoms with E-state index in [1.165, 1.54) is 17.3 Å². The van der Waals surface area contributed by atoms with Gasteiger partial charge >= 0.3 is 0 Å². The van der Waals surface area contributed by atoms with Gasteiger partial charge in [0.2, 0.25) is 5.88 Å². The van der Waals surface area contributed by atoms with Crippen LogP contribution in [0.5, 0.6) is 5.88 Å². The number of nitrogens with zero attached hydrogens (tertiary/aromatic N) is 2. The molecule has 0 radical (unpaired) electrons. The third kappa shape index (κ3) is 2.81. The summed E-state index contributed by atoms with van der Waals surface area (Å²) in [5.41, 5.74) is 2.99. The quantitative estimate of drug-likeness (QED) is 0.552. The van der Waals surface area contributed by atoms with Crippen LogP contribution in [0.1, 0.15) is 22.7 Å². The third-order valence-electron chi connectivity index (χ3n) is 4.66. The molecule has 2 heterocycles. The van der Waals surface area contributed by atoms with Crippen LogP contribution in [-0.4, -0.2) is 27.5 Å². The SMILES string of the molecule is CSc1nc(O)c([C@@H]2NCCc3ccccc32)c(=O)n1-c1ccccc1. The van der Waals surface area contributed by atoms with Gasteiger partial charge in [0.25, 0.3) is 5.56 Å². The monoisotopic (exact) mass is 365 g/mol. The van der Waals surface area contributed by atoms with Crippen LogP contribution in [0.4, 0.5) is 0 Å². The number of hydrogen-bond acceptors (Lipinski definition) is 5. The molecule has 2 N–H and O–H groups in total. The molecule has 1 atom stereocenters. The van der Waals surface area contributed by atoms with Crippen LogP contribution in [0.25, 0.3) is 5.69 Å². The summed E-state index contributed by atoms with van der Waals surface area (Å²) >= 11 is 1.33. The summed E-state index contributed by atoms with van der Waals surface area (Å²) in [6.07, 6.45) is 2.74. The van der Waals surface area contributed by atoms with Gasteiger partial charge < -0.3 is 10.4 Å². The molecule has 26 heavy (non-hydrogen) atoms. The van der Waals surface area contributed by atoms with Crippen LogP contribution in [-0.2, 0) is 6.42 Å². The molecule has 0 spiro atoms. The number of aromatic hydroxyl groups is 1. The zero-order chi connectivity index (χ0) is 18.1. The second-order valence-corrected chi connectivity index (χ2v) is 6.92. The minimum absolute atomic E-state index is 0.208. The Bertz CT molecular complexity index is 1000. The first-order valence-corrected chi connectivity index (χ1v) is 9.69. The number of fused-ring (bicyclic) bond motifs is 1. The van der Waals surface area contributed by atoms with E-state index in [2.05, 4.69) is 16.4 Å². The van der Waals surface area contributed by atoms with Crippen molar-refractivity contribution < 1.29 is 5.11 Å². The number of hydrogen-bond donors (Lipinski definition) is 2. The molecule has 1 aromatic heterocycles. The summed E-state index contributed by atoms with van der Waals surface area (Å²) in [5, 5.41) is 14.4. The smallest absolute Gasteiger partial charge is 0.267 e. The van der Waals surface area contributed by atoms with Crippen LogP contribution in [0.3, 0.4) is 0 Å². The number of rotatable bonds is 3. The molecule has 0 saturated carbocycles. The van der Waals surface area contributed by atoms with Crippen LogP contribution >= 0.6 is 11.8 Å². The second-order valence-electron chi connectivity index (χ2n) is 6.15. The van der Waals surface area contributed by atoms with Crippen molar-refractivity contribution in [1.82, 2.24) is 14.9 Å².